The van der Waals surface area contributed by atoms with Crippen LogP contribution < -0.4 is 0 Å². The number of ether oxygens (including phenoxy) is 1. The van der Waals surface area contributed by atoms with Crippen LogP contribution in [-0.4, -0.2) is 16.7 Å². The van der Waals surface area contributed by atoms with Crippen molar-refractivity contribution in [1.82, 2.24) is 0 Å². The average molecular weight is 229 g/mol. The second-order valence-corrected chi connectivity index (χ2v) is 4.60. The van der Waals surface area contributed by atoms with Crippen LogP contribution >= 0.6 is 11.6 Å². The number of phenolic OH excluding ortho intramolecular Hbond substituents is 1. The van der Waals surface area contributed by atoms with Crippen molar-refractivity contribution in [3.05, 3.63) is 28.8 Å². The third-order valence-corrected chi connectivity index (χ3v) is 1.81. The number of halogens is 1. The second kappa shape index (κ2) is 4.11. The minimum absolute atomic E-state index is 0.120. The number of carbonyl (C=O) groups is 1. The molecule has 82 valence electrons. The minimum Gasteiger partial charge on any atom is -0.507 e. The SMILES string of the molecule is CC(C)(C)OC(=O)c1ccc(Cl)cc1O. The van der Waals surface area contributed by atoms with Gasteiger partial charge in [0.15, 0.2) is 0 Å². The van der Waals surface area contributed by atoms with Crippen LogP contribution in [0, 0.1) is 0 Å². The predicted octanol–water partition coefficient (Wildman–Crippen LogP) is 3.00. The normalized spacial score (nSPS) is 11.2. The molecule has 0 saturated heterocycles. The van der Waals surface area contributed by atoms with Gasteiger partial charge in [0.2, 0.25) is 0 Å². The van der Waals surface area contributed by atoms with E-state index in [4.69, 9.17) is 16.3 Å². The number of esters is 1. The molecule has 15 heavy (non-hydrogen) atoms. The molecule has 0 fully saturated rings. The zero-order valence-corrected chi connectivity index (χ0v) is 9.63. The summed E-state index contributed by atoms with van der Waals surface area (Å²) in [7, 11) is 0. The molecule has 0 aliphatic carbocycles. The number of phenols is 1. The van der Waals surface area contributed by atoms with Gasteiger partial charge in [0, 0.05) is 5.02 Å². The molecule has 0 amide bonds. The quantitative estimate of drug-likeness (QED) is 0.752. The van der Waals surface area contributed by atoms with Gasteiger partial charge in [-0.05, 0) is 39.0 Å². The van der Waals surface area contributed by atoms with Crippen molar-refractivity contribution in [2.45, 2.75) is 26.4 Å². The highest BCUT2D eigenvalue weighted by atomic mass is 35.5. The molecule has 1 N–H and O–H groups in total. The van der Waals surface area contributed by atoms with E-state index in [9.17, 15) is 9.90 Å². The van der Waals surface area contributed by atoms with E-state index in [0.29, 0.717) is 5.02 Å². The fourth-order valence-electron chi connectivity index (χ4n) is 1.01. The van der Waals surface area contributed by atoms with Crippen molar-refractivity contribution in [3.8, 4) is 5.75 Å². The average Bonchev–Trinajstić information content (AvgIpc) is 1.99. The van der Waals surface area contributed by atoms with Gasteiger partial charge >= 0.3 is 5.97 Å². The van der Waals surface area contributed by atoms with E-state index < -0.39 is 11.6 Å². The van der Waals surface area contributed by atoms with Crippen molar-refractivity contribution in [3.63, 3.8) is 0 Å². The lowest BCUT2D eigenvalue weighted by Crippen LogP contribution is -2.23. The summed E-state index contributed by atoms with van der Waals surface area (Å²) >= 11 is 5.64. The zero-order chi connectivity index (χ0) is 11.6. The number of benzene rings is 1. The summed E-state index contributed by atoms with van der Waals surface area (Å²) in [5.41, 5.74) is -0.460. The highest BCUT2D eigenvalue weighted by Crippen LogP contribution is 2.24. The fourth-order valence-corrected chi connectivity index (χ4v) is 1.18. The Morgan fingerprint density at radius 2 is 2.00 bits per heavy atom. The standard InChI is InChI=1S/C11H13ClO3/c1-11(2,3)15-10(14)8-5-4-7(12)6-9(8)13/h4-6,13H,1-3H3. The third-order valence-electron chi connectivity index (χ3n) is 1.58. The first-order valence-corrected chi connectivity index (χ1v) is 4.89. The number of rotatable bonds is 1. The molecule has 0 bridgehead atoms. The Bertz CT molecular complexity index is 380. The maximum Gasteiger partial charge on any atom is 0.342 e. The molecule has 3 nitrogen and oxygen atoms in total. The van der Waals surface area contributed by atoms with Crippen molar-refractivity contribution in [2.24, 2.45) is 0 Å². The molecule has 0 saturated carbocycles. The number of carbonyl (C=O) groups excluding carboxylic acids is 1. The van der Waals surface area contributed by atoms with Crippen LogP contribution in [0.3, 0.4) is 0 Å². The first-order chi connectivity index (χ1) is 6.79. The maximum absolute atomic E-state index is 11.6. The van der Waals surface area contributed by atoms with Crippen molar-refractivity contribution >= 4 is 17.6 Å². The summed E-state index contributed by atoms with van der Waals surface area (Å²) in [5.74, 6) is -0.728. The lowest BCUT2D eigenvalue weighted by molar-refractivity contribution is 0.00669. The smallest absolute Gasteiger partial charge is 0.342 e. The summed E-state index contributed by atoms with van der Waals surface area (Å²) in [5, 5.41) is 9.85. The van der Waals surface area contributed by atoms with Gasteiger partial charge in [-0.25, -0.2) is 4.79 Å². The second-order valence-electron chi connectivity index (χ2n) is 4.16. The zero-order valence-electron chi connectivity index (χ0n) is 8.87. The van der Waals surface area contributed by atoms with Gasteiger partial charge in [-0.2, -0.15) is 0 Å². The summed E-state index contributed by atoms with van der Waals surface area (Å²) in [6, 6.07) is 4.27. The molecule has 0 spiro atoms. The van der Waals surface area contributed by atoms with E-state index in [1.165, 1.54) is 18.2 Å². The van der Waals surface area contributed by atoms with Gasteiger partial charge in [-0.1, -0.05) is 11.6 Å². The lowest BCUT2D eigenvalue weighted by Gasteiger charge is -2.19. The molecule has 0 unspecified atom stereocenters. The van der Waals surface area contributed by atoms with Crippen LogP contribution in [-0.2, 0) is 4.74 Å². The van der Waals surface area contributed by atoms with Gasteiger partial charge in [0.05, 0.1) is 0 Å². The van der Waals surface area contributed by atoms with Gasteiger partial charge in [0.1, 0.15) is 16.9 Å². The van der Waals surface area contributed by atoms with Crippen molar-refractivity contribution < 1.29 is 14.6 Å². The fraction of sp³-hybridized carbons (Fsp3) is 0.364. The molecular weight excluding hydrogens is 216 g/mol. The highest BCUT2D eigenvalue weighted by molar-refractivity contribution is 6.30. The van der Waals surface area contributed by atoms with E-state index in [1.54, 1.807) is 20.8 Å². The topological polar surface area (TPSA) is 46.5 Å². The Hall–Kier alpha value is -1.22. The molecule has 4 heteroatoms. The Balaban J connectivity index is 2.92. The molecule has 0 aliphatic heterocycles. The molecule has 0 heterocycles. The van der Waals surface area contributed by atoms with Crippen LogP contribution in [0.25, 0.3) is 0 Å². The Labute approximate surface area is 93.6 Å². The summed E-state index contributed by atoms with van der Waals surface area (Å²) < 4.78 is 5.10. The van der Waals surface area contributed by atoms with E-state index in [2.05, 4.69) is 0 Å². The monoisotopic (exact) mass is 228 g/mol. The molecule has 1 aromatic carbocycles. The molecule has 0 aliphatic rings. The lowest BCUT2D eigenvalue weighted by atomic mass is 10.1. The molecule has 1 rings (SSSR count). The van der Waals surface area contributed by atoms with E-state index in [-0.39, 0.29) is 11.3 Å². The third kappa shape index (κ3) is 3.44. The first kappa shape index (κ1) is 11.9. The largest absolute Gasteiger partial charge is 0.507 e. The van der Waals surface area contributed by atoms with Crippen LogP contribution in [0.5, 0.6) is 5.75 Å². The first-order valence-electron chi connectivity index (χ1n) is 4.51. The van der Waals surface area contributed by atoms with Crippen LogP contribution in [0.15, 0.2) is 18.2 Å². The van der Waals surface area contributed by atoms with Gasteiger partial charge in [-0.3, -0.25) is 0 Å². The number of hydrogen-bond donors (Lipinski definition) is 1. The Kier molecular flexibility index (Phi) is 3.25. The molecule has 1 aromatic rings. The molecule has 0 aromatic heterocycles. The summed E-state index contributed by atoms with van der Waals surface area (Å²) in [4.78, 5) is 11.6. The molecule has 0 radical (unpaired) electrons. The van der Waals surface area contributed by atoms with Crippen molar-refractivity contribution in [1.29, 1.82) is 0 Å². The minimum atomic E-state index is -0.580. The molecular formula is C11H13ClO3. The van der Waals surface area contributed by atoms with Crippen LogP contribution in [0.4, 0.5) is 0 Å². The Morgan fingerprint density at radius 1 is 1.40 bits per heavy atom. The predicted molar refractivity (Wildman–Crippen MR) is 58.3 cm³/mol. The highest BCUT2D eigenvalue weighted by Gasteiger charge is 2.20. The van der Waals surface area contributed by atoms with E-state index in [1.807, 2.05) is 0 Å². The molecule has 0 atom stereocenters. The van der Waals surface area contributed by atoms with Crippen molar-refractivity contribution in [2.75, 3.05) is 0 Å². The van der Waals surface area contributed by atoms with Gasteiger partial charge in [-0.15, -0.1) is 0 Å². The maximum atomic E-state index is 11.6. The number of aromatic hydroxyl groups is 1. The Morgan fingerprint density at radius 3 is 2.47 bits per heavy atom. The number of hydrogen-bond acceptors (Lipinski definition) is 3. The van der Waals surface area contributed by atoms with Gasteiger partial charge < -0.3 is 9.84 Å². The summed E-state index contributed by atoms with van der Waals surface area (Å²) in [6.45, 7) is 5.29. The van der Waals surface area contributed by atoms with E-state index >= 15 is 0 Å². The van der Waals surface area contributed by atoms with E-state index in [0.717, 1.165) is 0 Å². The van der Waals surface area contributed by atoms with Crippen LogP contribution in [0.1, 0.15) is 31.1 Å². The van der Waals surface area contributed by atoms with Gasteiger partial charge in [0.25, 0.3) is 0 Å². The van der Waals surface area contributed by atoms with Crippen LogP contribution in [0.2, 0.25) is 5.02 Å². The summed E-state index contributed by atoms with van der Waals surface area (Å²) in [6.07, 6.45) is 0.